The van der Waals surface area contributed by atoms with Crippen LogP contribution >= 0.6 is 0 Å². The van der Waals surface area contributed by atoms with E-state index < -0.39 is 10.0 Å². The van der Waals surface area contributed by atoms with Crippen LogP contribution in [0.15, 0.2) is 43.0 Å². The van der Waals surface area contributed by atoms with Crippen LogP contribution in [0.25, 0.3) is 0 Å². The van der Waals surface area contributed by atoms with Crippen molar-refractivity contribution in [1.82, 2.24) is 19.2 Å². The van der Waals surface area contributed by atoms with Gasteiger partial charge in [-0.15, -0.1) is 0 Å². The van der Waals surface area contributed by atoms with Gasteiger partial charge in [-0.3, -0.25) is 14.9 Å². The Balaban J connectivity index is 1.74. The van der Waals surface area contributed by atoms with Crippen LogP contribution in [0.4, 0.5) is 4.39 Å². The number of halogens is 1. The minimum absolute atomic E-state index is 0.135. The predicted octanol–water partition coefficient (Wildman–Crippen LogP) is 2.04. The SMILES string of the molecule is CS(=O)(=O)N(Cc1cccnc1)C1CCCN(Cc2ccncc2F)C1. The first-order valence-corrected chi connectivity index (χ1v) is 10.4. The van der Waals surface area contributed by atoms with Crippen molar-refractivity contribution in [1.29, 1.82) is 0 Å². The zero-order valence-electron chi connectivity index (χ0n) is 14.8. The van der Waals surface area contributed by atoms with Gasteiger partial charge in [0.25, 0.3) is 0 Å². The summed E-state index contributed by atoms with van der Waals surface area (Å²) in [6.07, 6.45) is 9.04. The Morgan fingerprint density at radius 2 is 2.08 bits per heavy atom. The molecule has 0 bridgehead atoms. The molecule has 140 valence electrons. The largest absolute Gasteiger partial charge is 0.297 e. The molecule has 1 unspecified atom stereocenters. The molecule has 26 heavy (non-hydrogen) atoms. The molecular weight excluding hydrogens is 355 g/mol. The van der Waals surface area contributed by atoms with Gasteiger partial charge in [0.1, 0.15) is 5.82 Å². The molecule has 0 aliphatic carbocycles. The number of hydrogen-bond donors (Lipinski definition) is 0. The molecule has 1 aliphatic heterocycles. The second-order valence-electron chi connectivity index (χ2n) is 6.67. The minimum atomic E-state index is -3.37. The molecule has 1 aliphatic rings. The summed E-state index contributed by atoms with van der Waals surface area (Å²) in [5, 5.41) is 0. The van der Waals surface area contributed by atoms with Crippen LogP contribution in [0.1, 0.15) is 24.0 Å². The van der Waals surface area contributed by atoms with Crippen molar-refractivity contribution < 1.29 is 12.8 Å². The number of rotatable bonds is 6. The average molecular weight is 378 g/mol. The van der Waals surface area contributed by atoms with Crippen molar-refractivity contribution in [2.24, 2.45) is 0 Å². The van der Waals surface area contributed by atoms with Gasteiger partial charge >= 0.3 is 0 Å². The quantitative estimate of drug-likeness (QED) is 0.770. The van der Waals surface area contributed by atoms with E-state index in [1.165, 1.54) is 12.5 Å². The Kier molecular flexibility index (Phi) is 5.95. The third-order valence-corrected chi connectivity index (χ3v) is 5.90. The molecule has 0 N–H and O–H groups in total. The molecular formula is C18H23FN4O2S. The van der Waals surface area contributed by atoms with Gasteiger partial charge < -0.3 is 0 Å². The van der Waals surface area contributed by atoms with Gasteiger partial charge in [-0.25, -0.2) is 12.8 Å². The van der Waals surface area contributed by atoms with Crippen molar-refractivity contribution in [3.05, 3.63) is 59.9 Å². The minimum Gasteiger partial charge on any atom is -0.297 e. The van der Waals surface area contributed by atoms with E-state index in [4.69, 9.17) is 0 Å². The maximum atomic E-state index is 13.9. The van der Waals surface area contributed by atoms with Crippen LogP contribution in [-0.4, -0.2) is 53.0 Å². The monoisotopic (exact) mass is 378 g/mol. The highest BCUT2D eigenvalue weighted by molar-refractivity contribution is 7.88. The molecule has 0 radical (unpaired) electrons. The second kappa shape index (κ2) is 8.20. The first-order valence-electron chi connectivity index (χ1n) is 8.60. The van der Waals surface area contributed by atoms with Crippen LogP contribution in [0, 0.1) is 5.82 Å². The number of sulfonamides is 1. The van der Waals surface area contributed by atoms with E-state index in [9.17, 15) is 12.8 Å². The highest BCUT2D eigenvalue weighted by atomic mass is 32.2. The lowest BCUT2D eigenvalue weighted by molar-refractivity contribution is 0.138. The van der Waals surface area contributed by atoms with Crippen molar-refractivity contribution in [2.45, 2.75) is 32.0 Å². The number of aromatic nitrogens is 2. The van der Waals surface area contributed by atoms with Crippen LogP contribution in [0.5, 0.6) is 0 Å². The van der Waals surface area contributed by atoms with Crippen molar-refractivity contribution >= 4 is 10.0 Å². The highest BCUT2D eigenvalue weighted by Gasteiger charge is 2.31. The Labute approximate surface area is 153 Å². The third-order valence-electron chi connectivity index (χ3n) is 4.63. The zero-order valence-corrected chi connectivity index (χ0v) is 15.6. The lowest BCUT2D eigenvalue weighted by Crippen LogP contribution is -2.49. The van der Waals surface area contributed by atoms with Crippen LogP contribution in [-0.2, 0) is 23.1 Å². The van der Waals surface area contributed by atoms with Gasteiger partial charge in [0.15, 0.2) is 0 Å². The van der Waals surface area contributed by atoms with Gasteiger partial charge in [-0.05, 0) is 37.1 Å². The molecule has 3 rings (SSSR count). The summed E-state index contributed by atoms with van der Waals surface area (Å²) in [5.74, 6) is -0.329. The molecule has 2 aromatic heterocycles. The lowest BCUT2D eigenvalue weighted by Gasteiger charge is -2.38. The standard InChI is InChI=1S/C18H23FN4O2S/c1-26(24,25)23(12-15-4-2-7-20-10-15)17-5-3-9-22(14-17)13-16-6-8-21-11-18(16)19/h2,4,6-8,10-11,17H,3,5,9,12-14H2,1H3. The first-order chi connectivity index (χ1) is 12.4. The molecule has 3 heterocycles. The molecule has 0 aromatic carbocycles. The van der Waals surface area contributed by atoms with Gasteiger partial charge in [-0.2, -0.15) is 4.31 Å². The lowest BCUT2D eigenvalue weighted by atomic mass is 10.0. The summed E-state index contributed by atoms with van der Waals surface area (Å²) in [7, 11) is -3.37. The van der Waals surface area contributed by atoms with Crippen molar-refractivity contribution in [3.63, 3.8) is 0 Å². The summed E-state index contributed by atoms with van der Waals surface area (Å²) in [4.78, 5) is 9.94. The van der Waals surface area contributed by atoms with E-state index in [2.05, 4.69) is 14.9 Å². The molecule has 0 saturated carbocycles. The van der Waals surface area contributed by atoms with E-state index in [1.807, 2.05) is 6.07 Å². The van der Waals surface area contributed by atoms with E-state index in [-0.39, 0.29) is 11.9 Å². The maximum absolute atomic E-state index is 13.9. The van der Waals surface area contributed by atoms with Gasteiger partial charge in [-0.1, -0.05) is 6.07 Å². The van der Waals surface area contributed by atoms with Crippen LogP contribution < -0.4 is 0 Å². The van der Waals surface area contributed by atoms with E-state index in [0.29, 0.717) is 25.2 Å². The molecule has 1 saturated heterocycles. The van der Waals surface area contributed by atoms with Crippen LogP contribution in [0.2, 0.25) is 0 Å². The molecule has 8 heteroatoms. The van der Waals surface area contributed by atoms with Gasteiger partial charge in [0.05, 0.1) is 12.5 Å². The normalized spacial score (nSPS) is 19.0. The summed E-state index contributed by atoms with van der Waals surface area (Å²) in [5.41, 5.74) is 1.44. The van der Waals surface area contributed by atoms with Gasteiger partial charge in [0.2, 0.25) is 10.0 Å². The van der Waals surface area contributed by atoms with Gasteiger partial charge in [0, 0.05) is 49.8 Å². The topological polar surface area (TPSA) is 66.4 Å². The fourth-order valence-electron chi connectivity index (χ4n) is 3.37. The van der Waals surface area contributed by atoms with Crippen molar-refractivity contribution in [2.75, 3.05) is 19.3 Å². The fourth-order valence-corrected chi connectivity index (χ4v) is 4.47. The Morgan fingerprint density at radius 3 is 2.77 bits per heavy atom. The third kappa shape index (κ3) is 4.84. The summed E-state index contributed by atoms with van der Waals surface area (Å²) < 4.78 is 40.2. The molecule has 0 spiro atoms. The first kappa shape index (κ1) is 18.9. The Hall–Kier alpha value is -1.90. The average Bonchev–Trinajstić information content (AvgIpc) is 2.62. The second-order valence-corrected chi connectivity index (χ2v) is 8.60. The number of nitrogens with zero attached hydrogens (tertiary/aromatic N) is 4. The van der Waals surface area contributed by atoms with E-state index >= 15 is 0 Å². The van der Waals surface area contributed by atoms with Crippen molar-refractivity contribution in [3.8, 4) is 0 Å². The Bertz CT molecular complexity index is 832. The highest BCUT2D eigenvalue weighted by Crippen LogP contribution is 2.22. The Morgan fingerprint density at radius 1 is 1.27 bits per heavy atom. The fraction of sp³-hybridized carbons (Fsp3) is 0.444. The molecule has 1 fully saturated rings. The number of likely N-dealkylation sites (tertiary alicyclic amines) is 1. The van der Waals surface area contributed by atoms with E-state index in [1.54, 1.807) is 35.0 Å². The molecule has 0 amide bonds. The summed E-state index contributed by atoms with van der Waals surface area (Å²) in [6.45, 7) is 2.15. The number of hydrogen-bond acceptors (Lipinski definition) is 5. The summed E-state index contributed by atoms with van der Waals surface area (Å²) >= 11 is 0. The number of pyridine rings is 2. The molecule has 6 nitrogen and oxygen atoms in total. The molecule has 1 atom stereocenters. The summed E-state index contributed by atoms with van der Waals surface area (Å²) in [6, 6.07) is 5.21. The van der Waals surface area contributed by atoms with Crippen LogP contribution in [0.3, 0.4) is 0 Å². The zero-order chi connectivity index (χ0) is 18.6. The smallest absolute Gasteiger partial charge is 0.211 e. The maximum Gasteiger partial charge on any atom is 0.211 e. The molecule has 2 aromatic rings. The van der Waals surface area contributed by atoms with E-state index in [0.717, 1.165) is 24.9 Å². The number of piperidine rings is 1. The predicted molar refractivity (Wildman–Crippen MR) is 97.1 cm³/mol.